The van der Waals surface area contributed by atoms with Crippen molar-refractivity contribution in [3.63, 3.8) is 0 Å². The number of aliphatic carboxylic acids is 1. The van der Waals surface area contributed by atoms with Crippen LogP contribution in [-0.4, -0.2) is 44.8 Å². The summed E-state index contributed by atoms with van der Waals surface area (Å²) < 4.78 is 1.54. The number of hydrogen-bond acceptors (Lipinski definition) is 3. The number of halogens is 2. The molecule has 2 unspecified atom stereocenters. The summed E-state index contributed by atoms with van der Waals surface area (Å²) in [4.78, 5) is 25.5. The molecule has 1 aliphatic rings. The van der Waals surface area contributed by atoms with Crippen molar-refractivity contribution in [3.8, 4) is 5.69 Å². The van der Waals surface area contributed by atoms with E-state index < -0.39 is 11.9 Å². The van der Waals surface area contributed by atoms with Crippen molar-refractivity contribution in [1.29, 1.82) is 0 Å². The van der Waals surface area contributed by atoms with E-state index in [2.05, 4.69) is 5.10 Å². The molecule has 0 spiro atoms. The van der Waals surface area contributed by atoms with E-state index in [4.69, 9.17) is 23.2 Å². The molecule has 1 N–H and O–H groups in total. The quantitative estimate of drug-likeness (QED) is 0.883. The molecule has 3 rings (SSSR count). The third-order valence-electron chi connectivity index (χ3n) is 4.27. The minimum absolute atomic E-state index is 0.135. The fourth-order valence-corrected chi connectivity index (χ4v) is 3.36. The number of carboxylic acids is 1. The molecule has 1 aromatic heterocycles. The van der Waals surface area contributed by atoms with Gasteiger partial charge in [0, 0.05) is 19.3 Å². The molecule has 1 fully saturated rings. The van der Waals surface area contributed by atoms with Crippen molar-refractivity contribution in [2.24, 2.45) is 11.8 Å². The second kappa shape index (κ2) is 7.06. The topological polar surface area (TPSA) is 75.4 Å². The highest BCUT2D eigenvalue weighted by Crippen LogP contribution is 2.25. The summed E-state index contributed by atoms with van der Waals surface area (Å²) in [6.45, 7) is 2.68. The fourth-order valence-electron chi connectivity index (χ4n) is 3.07. The molecule has 1 aliphatic heterocycles. The van der Waals surface area contributed by atoms with Gasteiger partial charge in [0.1, 0.15) is 0 Å². The molecule has 0 aliphatic carbocycles. The Kier molecular flexibility index (Phi) is 5.01. The smallest absolute Gasteiger partial charge is 0.308 e. The van der Waals surface area contributed by atoms with Crippen molar-refractivity contribution in [3.05, 3.63) is 46.2 Å². The molecular formula is C17H17Cl2N3O3. The number of nitrogens with zero attached hydrogens (tertiary/aromatic N) is 3. The van der Waals surface area contributed by atoms with E-state index in [-0.39, 0.29) is 24.1 Å². The Bertz CT molecular complexity index is 821. The second-order valence-corrected chi connectivity index (χ2v) is 7.14. The van der Waals surface area contributed by atoms with Gasteiger partial charge in [-0.2, -0.15) is 5.10 Å². The summed E-state index contributed by atoms with van der Waals surface area (Å²) in [6, 6.07) is 6.68. The number of rotatable bonds is 3. The Morgan fingerprint density at radius 1 is 1.20 bits per heavy atom. The van der Waals surface area contributed by atoms with Gasteiger partial charge in [-0.05, 0) is 36.6 Å². The van der Waals surface area contributed by atoms with Crippen LogP contribution in [0, 0.1) is 11.8 Å². The summed E-state index contributed by atoms with van der Waals surface area (Å²) in [5.74, 6) is -1.54. The van der Waals surface area contributed by atoms with Gasteiger partial charge in [0.25, 0.3) is 5.91 Å². The van der Waals surface area contributed by atoms with Crippen LogP contribution in [0.2, 0.25) is 10.0 Å². The van der Waals surface area contributed by atoms with Gasteiger partial charge in [0.2, 0.25) is 0 Å². The minimum atomic E-state index is -0.870. The van der Waals surface area contributed by atoms with Crippen LogP contribution in [0.25, 0.3) is 5.69 Å². The van der Waals surface area contributed by atoms with Gasteiger partial charge >= 0.3 is 5.97 Å². The number of likely N-dealkylation sites (tertiary alicyclic amines) is 1. The molecule has 1 aromatic carbocycles. The first-order valence-corrected chi connectivity index (χ1v) is 8.64. The summed E-state index contributed by atoms with van der Waals surface area (Å²) in [5, 5.41) is 14.4. The lowest BCUT2D eigenvalue weighted by atomic mass is 9.90. The van der Waals surface area contributed by atoms with E-state index >= 15 is 0 Å². The average Bonchev–Trinajstić information content (AvgIpc) is 3.06. The molecule has 1 amide bonds. The number of amides is 1. The van der Waals surface area contributed by atoms with Crippen LogP contribution in [0.1, 0.15) is 23.8 Å². The first-order chi connectivity index (χ1) is 11.8. The minimum Gasteiger partial charge on any atom is -0.481 e. The molecule has 0 radical (unpaired) electrons. The van der Waals surface area contributed by atoms with Gasteiger partial charge in [0.15, 0.2) is 5.69 Å². The summed E-state index contributed by atoms with van der Waals surface area (Å²) >= 11 is 11.9. The van der Waals surface area contributed by atoms with Crippen LogP contribution in [-0.2, 0) is 4.79 Å². The van der Waals surface area contributed by atoms with Crippen molar-refractivity contribution in [2.75, 3.05) is 13.1 Å². The second-order valence-electron chi connectivity index (χ2n) is 6.33. The van der Waals surface area contributed by atoms with E-state index in [0.29, 0.717) is 28.7 Å². The van der Waals surface area contributed by atoms with Gasteiger partial charge in [-0.1, -0.05) is 30.1 Å². The van der Waals surface area contributed by atoms with Gasteiger partial charge < -0.3 is 10.0 Å². The zero-order valence-electron chi connectivity index (χ0n) is 13.5. The van der Waals surface area contributed by atoms with E-state index in [1.165, 1.54) is 4.68 Å². The summed E-state index contributed by atoms with van der Waals surface area (Å²) in [6.07, 6.45) is 2.24. The lowest BCUT2D eigenvalue weighted by Gasteiger charge is -2.34. The zero-order valence-corrected chi connectivity index (χ0v) is 15.0. The molecule has 132 valence electrons. The Hall–Kier alpha value is -2.05. The van der Waals surface area contributed by atoms with Gasteiger partial charge in [-0.3, -0.25) is 9.59 Å². The maximum atomic E-state index is 12.7. The van der Waals surface area contributed by atoms with E-state index in [0.717, 1.165) is 0 Å². The van der Waals surface area contributed by atoms with E-state index in [1.54, 1.807) is 35.4 Å². The molecule has 8 heteroatoms. The predicted octanol–water partition coefficient (Wildman–Crippen LogP) is 3.36. The molecular weight excluding hydrogens is 365 g/mol. The number of carbonyl (C=O) groups excluding carboxylic acids is 1. The molecule has 2 atom stereocenters. The lowest BCUT2D eigenvalue weighted by molar-refractivity contribution is -0.143. The molecule has 1 saturated heterocycles. The van der Waals surface area contributed by atoms with Crippen molar-refractivity contribution in [1.82, 2.24) is 14.7 Å². The van der Waals surface area contributed by atoms with Crippen LogP contribution in [0.4, 0.5) is 0 Å². The normalized spacial score (nSPS) is 20.5. The molecule has 0 saturated carbocycles. The number of aromatic nitrogens is 2. The standard InChI is InChI=1S/C17H17Cl2N3O3/c1-10-6-11(17(24)25)9-21(8-10)16(23)15-4-5-22(20-15)12-2-3-13(18)14(19)7-12/h2-5,7,10-11H,6,8-9H2,1H3,(H,24,25). The van der Waals surface area contributed by atoms with Crippen LogP contribution in [0.3, 0.4) is 0 Å². The Morgan fingerprint density at radius 3 is 2.64 bits per heavy atom. The van der Waals surface area contributed by atoms with Gasteiger partial charge in [-0.15, -0.1) is 0 Å². The fraction of sp³-hybridized carbons (Fsp3) is 0.353. The Morgan fingerprint density at radius 2 is 1.96 bits per heavy atom. The predicted molar refractivity (Wildman–Crippen MR) is 94.4 cm³/mol. The maximum absolute atomic E-state index is 12.7. The number of carboxylic acid groups (broad SMARTS) is 1. The Balaban J connectivity index is 1.80. The number of carbonyl (C=O) groups is 2. The maximum Gasteiger partial charge on any atom is 0.308 e. The highest BCUT2D eigenvalue weighted by molar-refractivity contribution is 6.42. The van der Waals surface area contributed by atoms with Crippen molar-refractivity contribution in [2.45, 2.75) is 13.3 Å². The Labute approximate surface area is 154 Å². The molecule has 6 nitrogen and oxygen atoms in total. The number of piperidine rings is 1. The first kappa shape index (κ1) is 17.8. The zero-order chi connectivity index (χ0) is 18.1. The SMILES string of the molecule is CC1CC(C(=O)O)CN(C(=O)c2ccn(-c3ccc(Cl)c(Cl)c3)n2)C1. The van der Waals surface area contributed by atoms with Crippen LogP contribution < -0.4 is 0 Å². The van der Waals surface area contributed by atoms with E-state index in [9.17, 15) is 14.7 Å². The molecule has 0 bridgehead atoms. The third-order valence-corrected chi connectivity index (χ3v) is 5.01. The highest BCUT2D eigenvalue weighted by atomic mass is 35.5. The van der Waals surface area contributed by atoms with Crippen LogP contribution in [0.15, 0.2) is 30.5 Å². The highest BCUT2D eigenvalue weighted by Gasteiger charge is 2.32. The lowest BCUT2D eigenvalue weighted by Crippen LogP contribution is -2.45. The summed E-state index contributed by atoms with van der Waals surface area (Å²) in [7, 11) is 0. The van der Waals surface area contributed by atoms with Gasteiger partial charge in [0.05, 0.1) is 21.7 Å². The monoisotopic (exact) mass is 381 g/mol. The van der Waals surface area contributed by atoms with Crippen LogP contribution in [0.5, 0.6) is 0 Å². The largest absolute Gasteiger partial charge is 0.481 e. The average molecular weight is 382 g/mol. The number of benzene rings is 1. The summed E-state index contributed by atoms with van der Waals surface area (Å²) in [5.41, 5.74) is 0.952. The van der Waals surface area contributed by atoms with E-state index in [1.807, 2.05) is 6.92 Å². The molecule has 2 aromatic rings. The first-order valence-electron chi connectivity index (χ1n) is 7.88. The van der Waals surface area contributed by atoms with Crippen molar-refractivity contribution >= 4 is 35.1 Å². The molecule has 25 heavy (non-hydrogen) atoms. The number of hydrogen-bond donors (Lipinski definition) is 1. The molecule has 2 heterocycles. The van der Waals surface area contributed by atoms with Gasteiger partial charge in [-0.25, -0.2) is 4.68 Å². The third kappa shape index (κ3) is 3.80. The van der Waals surface area contributed by atoms with Crippen molar-refractivity contribution < 1.29 is 14.7 Å². The van der Waals surface area contributed by atoms with Crippen LogP contribution >= 0.6 is 23.2 Å².